The fourth-order valence-electron chi connectivity index (χ4n) is 4.33. The number of carbonyl (C=O) groups is 1. The third-order valence-corrected chi connectivity index (χ3v) is 9.96. The number of hydrogen-bond acceptors (Lipinski definition) is 5. The van der Waals surface area contributed by atoms with Gasteiger partial charge in [0.25, 0.3) is 10.0 Å². The van der Waals surface area contributed by atoms with Gasteiger partial charge in [-0.25, -0.2) is 17.2 Å². The van der Waals surface area contributed by atoms with Crippen LogP contribution in [0, 0.1) is 11.3 Å². The number of nitrogens with zero attached hydrogens (tertiary/aromatic N) is 3. The summed E-state index contributed by atoms with van der Waals surface area (Å²) in [5.74, 6) is 0. The average Bonchev–Trinajstić information content (AvgIpc) is 3.28. The number of rotatable bonds is 9. The molecule has 39 heavy (non-hydrogen) atoms. The van der Waals surface area contributed by atoms with Gasteiger partial charge in [0.05, 0.1) is 22.6 Å². The lowest BCUT2D eigenvalue weighted by Gasteiger charge is -2.21. The zero-order valence-corrected chi connectivity index (χ0v) is 24.5. The molecule has 1 heterocycles. The largest absolute Gasteiger partial charge is 0.450 e. The van der Waals surface area contributed by atoms with Crippen LogP contribution in [0.5, 0.6) is 0 Å². The summed E-state index contributed by atoms with van der Waals surface area (Å²) in [6.45, 7) is 7.57. The van der Waals surface area contributed by atoms with Gasteiger partial charge in [-0.05, 0) is 53.4 Å². The average molecular weight is 560 g/mol. The van der Waals surface area contributed by atoms with E-state index in [1.807, 2.05) is 36.4 Å². The molecule has 4 aromatic rings. The van der Waals surface area contributed by atoms with Gasteiger partial charge in [-0.1, -0.05) is 68.2 Å². The lowest BCUT2D eigenvalue weighted by Crippen LogP contribution is -2.29. The Labute approximate surface area is 231 Å². The number of nitriles is 1. The maximum atomic E-state index is 13.3. The highest BCUT2D eigenvalue weighted by Gasteiger charge is 2.22. The van der Waals surface area contributed by atoms with Crippen molar-refractivity contribution in [3.05, 3.63) is 101 Å². The summed E-state index contributed by atoms with van der Waals surface area (Å²) in [6, 6.07) is 24.6. The molecule has 1 aromatic heterocycles. The van der Waals surface area contributed by atoms with E-state index in [1.54, 1.807) is 36.2 Å². The zero-order valence-electron chi connectivity index (χ0n) is 22.7. The summed E-state index contributed by atoms with van der Waals surface area (Å²) in [5, 5.41) is 10.3. The molecule has 0 bridgehead atoms. The standard InChI is InChI=1S/C30H33N3O4SSi/c1-32(30(34)37-16-17-39(2,3)4)21-25-11-9-8-10-24(25)18-23-14-15-29-28(19-23)26(20-31)22-33(29)38(35,36)27-12-6-5-7-13-27/h5-15,19,22H,16-18,21H2,1-4H3. The lowest BCUT2D eigenvalue weighted by atomic mass is 9.98. The monoisotopic (exact) mass is 559 g/mol. The van der Waals surface area contributed by atoms with Crippen LogP contribution < -0.4 is 0 Å². The van der Waals surface area contributed by atoms with Gasteiger partial charge in [-0.2, -0.15) is 5.26 Å². The molecule has 0 atom stereocenters. The Morgan fingerprint density at radius 1 is 1.00 bits per heavy atom. The molecular weight excluding hydrogens is 527 g/mol. The molecule has 0 aliphatic heterocycles. The molecule has 0 spiro atoms. The van der Waals surface area contributed by atoms with Crippen LogP contribution in [0.15, 0.2) is 83.9 Å². The smallest absolute Gasteiger partial charge is 0.409 e. The van der Waals surface area contributed by atoms with E-state index in [1.165, 1.54) is 22.3 Å². The van der Waals surface area contributed by atoms with Crippen LogP contribution in [0.1, 0.15) is 22.3 Å². The highest BCUT2D eigenvalue weighted by molar-refractivity contribution is 7.90. The quantitative estimate of drug-likeness (QED) is 0.226. The van der Waals surface area contributed by atoms with Gasteiger partial charge >= 0.3 is 6.09 Å². The molecule has 1 amide bonds. The van der Waals surface area contributed by atoms with Crippen molar-refractivity contribution in [3.8, 4) is 6.07 Å². The third-order valence-electron chi connectivity index (χ3n) is 6.57. The van der Waals surface area contributed by atoms with E-state index < -0.39 is 18.1 Å². The first-order chi connectivity index (χ1) is 18.5. The van der Waals surface area contributed by atoms with E-state index in [-0.39, 0.29) is 11.0 Å². The summed E-state index contributed by atoms with van der Waals surface area (Å²) < 4.78 is 33.2. The maximum Gasteiger partial charge on any atom is 0.409 e. The molecule has 0 saturated carbocycles. The van der Waals surface area contributed by atoms with Gasteiger partial charge in [0.2, 0.25) is 0 Å². The number of amides is 1. The Morgan fingerprint density at radius 3 is 2.33 bits per heavy atom. The molecule has 7 nitrogen and oxygen atoms in total. The molecule has 0 N–H and O–H groups in total. The van der Waals surface area contributed by atoms with E-state index in [0.29, 0.717) is 36.0 Å². The number of ether oxygens (including phenoxy) is 1. The molecule has 0 aliphatic carbocycles. The molecule has 0 unspecified atom stereocenters. The Kier molecular flexibility index (Phi) is 8.28. The number of benzene rings is 3. The van der Waals surface area contributed by atoms with Crippen LogP contribution in [0.3, 0.4) is 0 Å². The molecule has 3 aromatic carbocycles. The van der Waals surface area contributed by atoms with E-state index in [0.717, 1.165) is 22.7 Å². The van der Waals surface area contributed by atoms with Crippen molar-refractivity contribution in [1.29, 1.82) is 5.26 Å². The normalized spacial score (nSPS) is 11.8. The molecule has 0 aliphatic rings. The fraction of sp³-hybridized carbons (Fsp3) is 0.267. The van der Waals surface area contributed by atoms with Crippen LogP contribution in [-0.4, -0.2) is 45.1 Å². The van der Waals surface area contributed by atoms with Gasteiger partial charge < -0.3 is 9.64 Å². The van der Waals surface area contributed by atoms with E-state index >= 15 is 0 Å². The minimum absolute atomic E-state index is 0.160. The highest BCUT2D eigenvalue weighted by Crippen LogP contribution is 2.28. The Bertz CT molecular complexity index is 1630. The van der Waals surface area contributed by atoms with Crippen molar-refractivity contribution in [2.24, 2.45) is 0 Å². The third kappa shape index (κ3) is 6.59. The maximum absolute atomic E-state index is 13.3. The summed E-state index contributed by atoms with van der Waals surface area (Å²) >= 11 is 0. The number of aromatic nitrogens is 1. The Balaban J connectivity index is 1.57. The van der Waals surface area contributed by atoms with Crippen molar-refractivity contribution in [3.63, 3.8) is 0 Å². The van der Waals surface area contributed by atoms with Crippen LogP contribution in [0.25, 0.3) is 10.9 Å². The minimum Gasteiger partial charge on any atom is -0.450 e. The van der Waals surface area contributed by atoms with Crippen LogP contribution in [-0.2, 0) is 27.7 Å². The second kappa shape index (κ2) is 11.5. The minimum atomic E-state index is -3.85. The Morgan fingerprint density at radius 2 is 1.67 bits per heavy atom. The second-order valence-electron chi connectivity index (χ2n) is 10.8. The molecule has 4 rings (SSSR count). The van der Waals surface area contributed by atoms with Gasteiger partial charge in [-0.15, -0.1) is 0 Å². The summed E-state index contributed by atoms with van der Waals surface area (Å²) in [7, 11) is -3.41. The topological polar surface area (TPSA) is 92.4 Å². The van der Waals surface area contributed by atoms with Gasteiger partial charge in [0, 0.05) is 33.2 Å². The number of carbonyl (C=O) groups excluding carboxylic acids is 1. The van der Waals surface area contributed by atoms with Gasteiger partial charge in [0.15, 0.2) is 0 Å². The Hall–Kier alpha value is -3.87. The first kappa shape index (κ1) is 28.1. The summed E-state index contributed by atoms with van der Waals surface area (Å²) in [4.78, 5) is 14.3. The predicted molar refractivity (Wildman–Crippen MR) is 156 cm³/mol. The molecule has 0 fully saturated rings. The van der Waals surface area contributed by atoms with E-state index in [2.05, 4.69) is 25.7 Å². The highest BCUT2D eigenvalue weighted by atomic mass is 32.2. The first-order valence-corrected chi connectivity index (χ1v) is 17.9. The van der Waals surface area contributed by atoms with E-state index in [4.69, 9.17) is 4.74 Å². The summed E-state index contributed by atoms with van der Waals surface area (Å²) in [6.07, 6.45) is 1.60. The predicted octanol–water partition coefficient (Wildman–Crippen LogP) is 6.25. The van der Waals surface area contributed by atoms with Crippen molar-refractivity contribution in [2.75, 3.05) is 13.7 Å². The number of hydrogen-bond donors (Lipinski definition) is 0. The van der Waals surface area contributed by atoms with Crippen LogP contribution in [0.4, 0.5) is 4.79 Å². The van der Waals surface area contributed by atoms with Crippen molar-refractivity contribution >= 4 is 35.1 Å². The SMILES string of the molecule is CN(Cc1ccccc1Cc1ccc2c(c1)c(C#N)cn2S(=O)(=O)c1ccccc1)C(=O)OCC[Si](C)(C)C. The second-order valence-corrected chi connectivity index (χ2v) is 18.3. The molecule has 9 heteroatoms. The van der Waals surface area contributed by atoms with Gasteiger partial charge in [0.1, 0.15) is 6.07 Å². The molecule has 202 valence electrons. The van der Waals surface area contributed by atoms with Crippen molar-refractivity contribution < 1.29 is 17.9 Å². The first-order valence-electron chi connectivity index (χ1n) is 12.8. The number of fused-ring (bicyclic) bond motifs is 1. The molecule has 0 radical (unpaired) electrons. The summed E-state index contributed by atoms with van der Waals surface area (Å²) in [5.41, 5.74) is 3.70. The van der Waals surface area contributed by atoms with Gasteiger partial charge in [-0.3, -0.25) is 0 Å². The zero-order chi connectivity index (χ0) is 28.2. The molecule has 0 saturated heterocycles. The van der Waals surface area contributed by atoms with Crippen molar-refractivity contribution in [1.82, 2.24) is 8.87 Å². The van der Waals surface area contributed by atoms with Crippen molar-refractivity contribution in [2.45, 2.75) is 43.5 Å². The van der Waals surface area contributed by atoms with E-state index in [9.17, 15) is 18.5 Å². The fourth-order valence-corrected chi connectivity index (χ4v) is 6.44. The lowest BCUT2D eigenvalue weighted by molar-refractivity contribution is 0.114. The van der Waals surface area contributed by atoms with Crippen LogP contribution in [0.2, 0.25) is 25.7 Å². The molecular formula is C30H33N3O4SSi. The van der Waals surface area contributed by atoms with Crippen LogP contribution >= 0.6 is 0 Å².